The van der Waals surface area contributed by atoms with Crippen molar-refractivity contribution in [3.05, 3.63) is 48.0 Å². The van der Waals surface area contributed by atoms with E-state index in [9.17, 15) is 4.79 Å². The van der Waals surface area contributed by atoms with Crippen LogP contribution in [-0.2, 0) is 0 Å². The normalized spacial score (nSPS) is 16.4. The molecule has 0 spiro atoms. The van der Waals surface area contributed by atoms with E-state index >= 15 is 0 Å². The smallest absolute Gasteiger partial charge is 0.323 e. The first-order valence-electron chi connectivity index (χ1n) is 8.21. The second kappa shape index (κ2) is 8.60. The van der Waals surface area contributed by atoms with Crippen LogP contribution in [0.2, 0.25) is 0 Å². The Labute approximate surface area is 162 Å². The molecule has 26 heavy (non-hydrogen) atoms. The molecule has 5 nitrogen and oxygen atoms in total. The number of amides is 2. The van der Waals surface area contributed by atoms with Gasteiger partial charge in [-0.25, -0.2) is 4.79 Å². The highest BCUT2D eigenvalue weighted by atomic mass is 32.2. The van der Waals surface area contributed by atoms with Gasteiger partial charge in [0.15, 0.2) is 0 Å². The van der Waals surface area contributed by atoms with Crippen LogP contribution in [0.3, 0.4) is 0 Å². The highest BCUT2D eigenvalue weighted by Crippen LogP contribution is 2.40. The van der Waals surface area contributed by atoms with Crippen molar-refractivity contribution in [3.8, 4) is 11.5 Å². The van der Waals surface area contributed by atoms with Gasteiger partial charge in [0.1, 0.15) is 16.9 Å². The van der Waals surface area contributed by atoms with E-state index in [4.69, 9.17) is 9.47 Å². The van der Waals surface area contributed by atoms with Crippen LogP contribution in [0.4, 0.5) is 10.5 Å². The lowest BCUT2D eigenvalue weighted by molar-refractivity contribution is 0.214. The van der Waals surface area contributed by atoms with Gasteiger partial charge in [-0.05, 0) is 48.2 Å². The zero-order valence-corrected chi connectivity index (χ0v) is 16.7. The Balaban J connectivity index is 1.77. The van der Waals surface area contributed by atoms with E-state index in [2.05, 4.69) is 5.32 Å². The molecule has 0 radical (unpaired) electrons. The molecule has 1 fully saturated rings. The van der Waals surface area contributed by atoms with Crippen LogP contribution in [0.1, 0.15) is 10.9 Å². The molecule has 1 aliphatic heterocycles. The fourth-order valence-corrected chi connectivity index (χ4v) is 4.44. The Morgan fingerprint density at radius 2 is 1.81 bits per heavy atom. The average Bonchev–Trinajstić information content (AvgIpc) is 3.18. The highest BCUT2D eigenvalue weighted by Gasteiger charge is 2.31. The van der Waals surface area contributed by atoms with Gasteiger partial charge in [-0.3, -0.25) is 0 Å². The number of carbonyl (C=O) groups is 1. The van der Waals surface area contributed by atoms with Gasteiger partial charge < -0.3 is 19.7 Å². The molecule has 0 saturated carbocycles. The minimum atomic E-state index is -0.0984. The molecule has 0 aliphatic carbocycles. The average molecular weight is 391 g/mol. The fraction of sp³-hybridized carbons (Fsp3) is 0.316. The molecule has 0 bridgehead atoms. The number of thioether (sulfide) groups is 2. The molecule has 3 rings (SSSR count). The predicted molar refractivity (Wildman–Crippen MR) is 109 cm³/mol. The second-order valence-electron chi connectivity index (χ2n) is 5.72. The van der Waals surface area contributed by atoms with Gasteiger partial charge in [-0.1, -0.05) is 0 Å². The fourth-order valence-electron chi connectivity index (χ4n) is 2.80. The summed E-state index contributed by atoms with van der Waals surface area (Å²) in [6.45, 7) is 0.698. The molecule has 1 N–H and O–H groups in total. The Hall–Kier alpha value is -1.99. The summed E-state index contributed by atoms with van der Waals surface area (Å²) in [6, 6.07) is 13.5. The molecule has 138 valence electrons. The number of benzene rings is 2. The summed E-state index contributed by atoms with van der Waals surface area (Å²) in [5, 5.41) is 2.93. The van der Waals surface area contributed by atoms with Crippen molar-refractivity contribution in [2.75, 3.05) is 38.1 Å². The van der Waals surface area contributed by atoms with Gasteiger partial charge >= 0.3 is 6.03 Å². The lowest BCUT2D eigenvalue weighted by Gasteiger charge is -2.25. The number of nitrogens with one attached hydrogen (secondary N) is 1. The summed E-state index contributed by atoms with van der Waals surface area (Å²) in [4.78, 5) is 15.8. The van der Waals surface area contributed by atoms with E-state index < -0.39 is 0 Å². The van der Waals surface area contributed by atoms with E-state index in [-0.39, 0.29) is 11.4 Å². The lowest BCUT2D eigenvalue weighted by Crippen LogP contribution is -2.34. The van der Waals surface area contributed by atoms with Crippen molar-refractivity contribution < 1.29 is 14.3 Å². The van der Waals surface area contributed by atoms with Crippen LogP contribution in [0, 0.1) is 0 Å². The van der Waals surface area contributed by atoms with Crippen molar-refractivity contribution in [1.82, 2.24) is 4.90 Å². The molecule has 7 heteroatoms. The molecule has 0 aromatic heterocycles. The van der Waals surface area contributed by atoms with Gasteiger partial charge in [-0.15, -0.1) is 23.5 Å². The van der Waals surface area contributed by atoms with Gasteiger partial charge in [0.25, 0.3) is 0 Å². The first kappa shape index (κ1) is 18.8. The Kier molecular flexibility index (Phi) is 6.21. The monoisotopic (exact) mass is 390 g/mol. The first-order valence-corrected chi connectivity index (χ1v) is 10.5. The summed E-state index contributed by atoms with van der Waals surface area (Å²) in [5.41, 5.74) is 1.79. The summed E-state index contributed by atoms with van der Waals surface area (Å²) < 4.78 is 10.7. The zero-order chi connectivity index (χ0) is 18.5. The molecule has 0 unspecified atom stereocenters. The van der Waals surface area contributed by atoms with Crippen LogP contribution < -0.4 is 14.8 Å². The first-order chi connectivity index (χ1) is 12.6. The van der Waals surface area contributed by atoms with Gasteiger partial charge in [0.2, 0.25) is 0 Å². The number of rotatable bonds is 5. The maximum Gasteiger partial charge on any atom is 0.323 e. The predicted octanol–water partition coefficient (Wildman–Crippen LogP) is 4.71. The number of methoxy groups -OCH3 is 2. The van der Waals surface area contributed by atoms with E-state index in [1.807, 2.05) is 53.6 Å². The third-order valence-corrected chi connectivity index (χ3v) is 6.16. The largest absolute Gasteiger partial charge is 0.497 e. The number of ether oxygens (including phenoxy) is 2. The van der Waals surface area contributed by atoms with Crippen LogP contribution >= 0.6 is 23.5 Å². The van der Waals surface area contributed by atoms with E-state index in [1.54, 1.807) is 37.7 Å². The molecular formula is C19H22N2O3S2. The summed E-state index contributed by atoms with van der Waals surface area (Å²) in [6.07, 6.45) is 2.03. The summed E-state index contributed by atoms with van der Waals surface area (Å²) >= 11 is 3.41. The van der Waals surface area contributed by atoms with Crippen molar-refractivity contribution >= 4 is 35.2 Å². The van der Waals surface area contributed by atoms with Crippen LogP contribution in [-0.4, -0.2) is 43.7 Å². The maximum absolute atomic E-state index is 12.8. The quantitative estimate of drug-likeness (QED) is 0.750. The molecule has 1 aliphatic rings. The number of hydrogen-bond donors (Lipinski definition) is 1. The Bertz CT molecular complexity index is 746. The van der Waals surface area contributed by atoms with Crippen LogP contribution in [0.25, 0.3) is 0 Å². The van der Waals surface area contributed by atoms with Crippen molar-refractivity contribution in [2.45, 2.75) is 10.3 Å². The molecule has 1 heterocycles. The van der Waals surface area contributed by atoms with E-state index in [0.29, 0.717) is 6.54 Å². The van der Waals surface area contributed by atoms with Crippen molar-refractivity contribution in [2.24, 2.45) is 0 Å². The Morgan fingerprint density at radius 1 is 1.15 bits per heavy atom. The summed E-state index contributed by atoms with van der Waals surface area (Å²) in [7, 11) is 3.26. The zero-order valence-electron chi connectivity index (χ0n) is 15.0. The van der Waals surface area contributed by atoms with Gasteiger partial charge in [0, 0.05) is 28.9 Å². The number of anilines is 1. The van der Waals surface area contributed by atoms with Gasteiger partial charge in [-0.2, -0.15) is 0 Å². The van der Waals surface area contributed by atoms with Crippen LogP contribution in [0.5, 0.6) is 11.5 Å². The summed E-state index contributed by atoms with van der Waals surface area (Å²) in [5.74, 6) is 2.34. The maximum atomic E-state index is 12.8. The standard InChI is InChI=1S/C19H22N2O3S2/c1-23-15-10-13(11-16(12-15)24-2)18-21(8-9-26-18)19(22)20-14-4-6-17(25-3)7-5-14/h4-7,10-12,18H,8-9H2,1-3H3,(H,20,22)/t18-/m0/s1. The van der Waals surface area contributed by atoms with Gasteiger partial charge in [0.05, 0.1) is 14.2 Å². The Morgan fingerprint density at radius 3 is 2.38 bits per heavy atom. The van der Waals surface area contributed by atoms with Crippen molar-refractivity contribution in [1.29, 1.82) is 0 Å². The number of nitrogens with zero attached hydrogens (tertiary/aromatic N) is 1. The molecule has 2 aromatic rings. The van der Waals surface area contributed by atoms with E-state index in [1.165, 1.54) is 4.90 Å². The SMILES string of the molecule is COc1cc(OC)cc([C@@H]2SCCN2C(=O)Nc2ccc(SC)cc2)c1. The molecule has 1 atom stereocenters. The lowest BCUT2D eigenvalue weighted by atomic mass is 10.2. The molecule has 2 aromatic carbocycles. The molecule has 2 amide bonds. The third kappa shape index (κ3) is 4.22. The minimum Gasteiger partial charge on any atom is -0.497 e. The van der Waals surface area contributed by atoms with Crippen molar-refractivity contribution in [3.63, 3.8) is 0 Å². The minimum absolute atomic E-state index is 0.0653. The molecule has 1 saturated heterocycles. The second-order valence-corrected chi connectivity index (χ2v) is 7.79. The third-order valence-electron chi connectivity index (χ3n) is 4.15. The highest BCUT2D eigenvalue weighted by molar-refractivity contribution is 7.99. The molecular weight excluding hydrogens is 368 g/mol. The topological polar surface area (TPSA) is 50.8 Å². The number of urea groups is 1. The van der Waals surface area contributed by atoms with E-state index in [0.717, 1.165) is 28.5 Å². The van der Waals surface area contributed by atoms with Crippen LogP contribution in [0.15, 0.2) is 47.4 Å². The number of carbonyl (C=O) groups excluding carboxylic acids is 1. The number of hydrogen-bond acceptors (Lipinski definition) is 5.